The Kier molecular flexibility index (Phi) is 17.2. The normalized spacial score (nSPS) is 13.5. The minimum atomic E-state index is -1.71. The molecule has 43 heavy (non-hydrogen) atoms. The van der Waals surface area contributed by atoms with Crippen molar-refractivity contribution in [1.29, 1.82) is 0 Å². The number of carboxylic acids is 5. The summed E-state index contributed by atoms with van der Waals surface area (Å²) in [5.74, 6) is -11.1. The van der Waals surface area contributed by atoms with Gasteiger partial charge in [0.05, 0.1) is 0 Å². The van der Waals surface area contributed by atoms with Crippen LogP contribution in [0.25, 0.3) is 0 Å². The van der Waals surface area contributed by atoms with Crippen LogP contribution in [0.4, 0.5) is 0 Å². The fourth-order valence-electron chi connectivity index (χ4n) is 3.58. The van der Waals surface area contributed by atoms with Crippen molar-refractivity contribution in [2.45, 2.75) is 95.8 Å². The quantitative estimate of drug-likeness (QED) is 0.0668. The van der Waals surface area contributed by atoms with Crippen molar-refractivity contribution in [2.75, 3.05) is 0 Å². The van der Waals surface area contributed by atoms with Crippen molar-refractivity contribution in [3.63, 3.8) is 0 Å². The predicted octanol–water partition coefficient (Wildman–Crippen LogP) is -1.48. The number of carbonyl (C=O) groups is 9. The molecule has 0 aliphatic carbocycles. The first-order valence-corrected chi connectivity index (χ1v) is 13.2. The van der Waals surface area contributed by atoms with E-state index >= 15 is 0 Å². The number of hydrogen-bond donors (Lipinski definition) is 9. The van der Waals surface area contributed by atoms with Gasteiger partial charge in [-0.25, -0.2) is 4.79 Å². The molecule has 0 fully saturated rings. The summed E-state index contributed by atoms with van der Waals surface area (Å²) in [6, 6.07) is -6.51. The molecule has 0 saturated heterocycles. The third kappa shape index (κ3) is 17.6. The summed E-state index contributed by atoms with van der Waals surface area (Å²) in [6.45, 7) is 3.44. The number of carbonyl (C=O) groups excluding carboxylic acids is 4. The molecule has 0 aromatic rings. The molecule has 0 aliphatic rings. The van der Waals surface area contributed by atoms with Crippen molar-refractivity contribution >= 4 is 53.5 Å². The van der Waals surface area contributed by atoms with Gasteiger partial charge < -0.3 is 46.8 Å². The van der Waals surface area contributed by atoms with Gasteiger partial charge >= 0.3 is 29.8 Å². The van der Waals surface area contributed by atoms with Crippen LogP contribution in [0.2, 0.25) is 0 Å². The van der Waals surface area contributed by atoms with Gasteiger partial charge in [0.1, 0.15) is 24.2 Å². The standard InChI is InChI=1S/C25H38N4O14/c1-12(2)11-17(30)26-13(3-7-18(31)32)22(39)27-14(4-8-19(33)34)23(40)28-15(5-9-20(35)36)24(41)29-16(25(42)43)6-10-21(37)38/h12-16H,3-11H2,1-2H3,(H,26,30)(H,27,39)(H,28,40)(H,29,41)(H,31,32)(H,33,34)(H,35,36)(H,37,38)(H,42,43)/t13-,14-,15-,16-/m0/s1. The summed E-state index contributed by atoms with van der Waals surface area (Å²) in [6.07, 6.45) is -4.56. The molecule has 0 saturated carbocycles. The number of carboxylic acid groups (broad SMARTS) is 5. The zero-order valence-corrected chi connectivity index (χ0v) is 23.7. The fraction of sp³-hybridized carbons (Fsp3) is 0.640. The van der Waals surface area contributed by atoms with Gasteiger partial charge in [-0.05, 0) is 31.6 Å². The second kappa shape index (κ2) is 19.4. The van der Waals surface area contributed by atoms with Crippen LogP contribution in [0.5, 0.6) is 0 Å². The summed E-state index contributed by atoms with van der Waals surface area (Å²) < 4.78 is 0. The molecule has 0 aromatic heterocycles. The third-order valence-corrected chi connectivity index (χ3v) is 5.71. The highest BCUT2D eigenvalue weighted by atomic mass is 16.4. The predicted molar refractivity (Wildman–Crippen MR) is 142 cm³/mol. The van der Waals surface area contributed by atoms with Crippen LogP contribution in [0, 0.1) is 5.92 Å². The highest BCUT2D eigenvalue weighted by Gasteiger charge is 2.32. The van der Waals surface area contributed by atoms with Crippen molar-refractivity contribution in [2.24, 2.45) is 5.92 Å². The van der Waals surface area contributed by atoms with E-state index in [0.29, 0.717) is 0 Å². The molecule has 0 heterocycles. The van der Waals surface area contributed by atoms with E-state index < -0.39 is 123 Å². The van der Waals surface area contributed by atoms with E-state index in [-0.39, 0.29) is 18.8 Å². The van der Waals surface area contributed by atoms with Crippen LogP contribution in [0.3, 0.4) is 0 Å². The zero-order valence-electron chi connectivity index (χ0n) is 23.7. The largest absolute Gasteiger partial charge is 0.481 e. The topological polar surface area (TPSA) is 303 Å². The van der Waals surface area contributed by atoms with Crippen molar-refractivity contribution in [3.05, 3.63) is 0 Å². The number of rotatable bonds is 22. The minimum absolute atomic E-state index is 0.00997. The van der Waals surface area contributed by atoms with E-state index in [2.05, 4.69) is 16.0 Å². The Morgan fingerprint density at radius 2 is 0.744 bits per heavy atom. The maximum atomic E-state index is 13.1. The fourth-order valence-corrected chi connectivity index (χ4v) is 3.58. The molecule has 4 amide bonds. The van der Waals surface area contributed by atoms with Crippen LogP contribution in [0.1, 0.15) is 71.6 Å². The molecule has 242 valence electrons. The number of nitrogens with one attached hydrogen (secondary N) is 4. The van der Waals surface area contributed by atoms with Gasteiger partial charge in [0.25, 0.3) is 0 Å². The monoisotopic (exact) mass is 618 g/mol. The molecule has 0 radical (unpaired) electrons. The second-order valence-electron chi connectivity index (χ2n) is 9.97. The molecule has 0 spiro atoms. The average Bonchev–Trinajstić information content (AvgIpc) is 2.87. The highest BCUT2D eigenvalue weighted by molar-refractivity contribution is 5.95. The summed E-state index contributed by atoms with van der Waals surface area (Å²) in [5.41, 5.74) is 0. The lowest BCUT2D eigenvalue weighted by Crippen LogP contribution is -2.58. The van der Waals surface area contributed by atoms with E-state index in [9.17, 15) is 48.3 Å². The van der Waals surface area contributed by atoms with Crippen LogP contribution in [-0.2, 0) is 43.2 Å². The molecule has 0 rings (SSSR count). The smallest absolute Gasteiger partial charge is 0.326 e. The van der Waals surface area contributed by atoms with Crippen molar-refractivity contribution in [1.82, 2.24) is 21.3 Å². The van der Waals surface area contributed by atoms with E-state index in [1.54, 1.807) is 13.8 Å². The van der Waals surface area contributed by atoms with Gasteiger partial charge in [-0.1, -0.05) is 13.8 Å². The SMILES string of the molecule is CC(C)CC(=O)N[C@@H](CCC(=O)O)C(=O)N[C@@H](CCC(=O)O)C(=O)N[C@@H](CCC(=O)O)C(=O)N[C@@H](CCC(=O)O)C(=O)O. The molecule has 18 nitrogen and oxygen atoms in total. The molecule has 9 N–H and O–H groups in total. The van der Waals surface area contributed by atoms with Gasteiger partial charge in [0.15, 0.2) is 0 Å². The Balaban J connectivity index is 5.99. The Hall–Kier alpha value is -4.77. The Labute approximate surface area is 245 Å². The van der Waals surface area contributed by atoms with E-state index in [1.807, 2.05) is 5.32 Å². The molecular weight excluding hydrogens is 580 g/mol. The van der Waals surface area contributed by atoms with Crippen LogP contribution in [0.15, 0.2) is 0 Å². The lowest BCUT2D eigenvalue weighted by atomic mass is 10.0. The van der Waals surface area contributed by atoms with E-state index in [4.69, 9.17) is 20.4 Å². The maximum absolute atomic E-state index is 13.1. The minimum Gasteiger partial charge on any atom is -0.481 e. The van der Waals surface area contributed by atoms with E-state index in [0.717, 1.165) is 0 Å². The van der Waals surface area contributed by atoms with Gasteiger partial charge in [-0.15, -0.1) is 0 Å². The van der Waals surface area contributed by atoms with Crippen LogP contribution < -0.4 is 21.3 Å². The van der Waals surface area contributed by atoms with Crippen molar-refractivity contribution in [3.8, 4) is 0 Å². The molecule has 0 unspecified atom stereocenters. The Morgan fingerprint density at radius 3 is 1.02 bits per heavy atom. The number of aliphatic carboxylic acids is 5. The summed E-state index contributed by atoms with van der Waals surface area (Å²) in [4.78, 5) is 107. The lowest BCUT2D eigenvalue weighted by Gasteiger charge is -2.26. The molecular formula is C25H38N4O14. The lowest BCUT2D eigenvalue weighted by molar-refractivity contribution is -0.144. The first kappa shape index (κ1) is 38.2. The maximum Gasteiger partial charge on any atom is 0.326 e. The van der Waals surface area contributed by atoms with Gasteiger partial charge in [-0.2, -0.15) is 0 Å². The van der Waals surface area contributed by atoms with Gasteiger partial charge in [0, 0.05) is 32.1 Å². The van der Waals surface area contributed by atoms with Gasteiger partial charge in [0.2, 0.25) is 23.6 Å². The third-order valence-electron chi connectivity index (χ3n) is 5.71. The molecule has 18 heteroatoms. The summed E-state index contributed by atoms with van der Waals surface area (Å²) in [7, 11) is 0. The number of amides is 4. The van der Waals surface area contributed by atoms with Crippen LogP contribution >= 0.6 is 0 Å². The van der Waals surface area contributed by atoms with E-state index in [1.165, 1.54) is 0 Å². The molecule has 4 atom stereocenters. The molecule has 0 aromatic carbocycles. The zero-order chi connectivity index (χ0) is 33.3. The van der Waals surface area contributed by atoms with Crippen molar-refractivity contribution < 1.29 is 68.7 Å². The second-order valence-corrected chi connectivity index (χ2v) is 9.97. The molecule has 0 aliphatic heterocycles. The number of hydrogen-bond acceptors (Lipinski definition) is 9. The first-order chi connectivity index (χ1) is 19.9. The average molecular weight is 619 g/mol. The summed E-state index contributed by atoms with van der Waals surface area (Å²) >= 11 is 0. The Bertz CT molecular complexity index is 1060. The highest BCUT2D eigenvalue weighted by Crippen LogP contribution is 2.08. The van der Waals surface area contributed by atoms with Crippen LogP contribution in [-0.4, -0.2) is 103 Å². The Morgan fingerprint density at radius 1 is 0.465 bits per heavy atom. The summed E-state index contributed by atoms with van der Waals surface area (Å²) in [5, 5.41) is 54.0. The molecule has 0 bridgehead atoms. The van der Waals surface area contributed by atoms with Gasteiger partial charge in [-0.3, -0.25) is 38.4 Å². The first-order valence-electron chi connectivity index (χ1n) is 13.2.